The van der Waals surface area contributed by atoms with E-state index in [4.69, 9.17) is 21.1 Å². The van der Waals surface area contributed by atoms with Gasteiger partial charge < -0.3 is 14.8 Å². The Hall–Kier alpha value is -3.13. The number of ether oxygens (including phenoxy) is 2. The zero-order valence-corrected chi connectivity index (χ0v) is 15.1. The van der Waals surface area contributed by atoms with Crippen molar-refractivity contribution in [3.63, 3.8) is 0 Å². The number of methoxy groups -OCH3 is 1. The van der Waals surface area contributed by atoms with Crippen molar-refractivity contribution >= 4 is 29.2 Å². The summed E-state index contributed by atoms with van der Waals surface area (Å²) in [5.41, 5.74) is 0.665. The molecule has 0 spiro atoms. The van der Waals surface area contributed by atoms with Crippen molar-refractivity contribution in [1.82, 2.24) is 5.32 Å². The molecule has 1 amide bonds. The number of hydrogen-bond acceptors (Lipinski definition) is 6. The van der Waals surface area contributed by atoms with Gasteiger partial charge in [0.25, 0.3) is 11.6 Å². The van der Waals surface area contributed by atoms with Crippen LogP contribution in [0.15, 0.2) is 48.5 Å². The zero-order chi connectivity index (χ0) is 19.8. The van der Waals surface area contributed by atoms with Crippen LogP contribution in [0.1, 0.15) is 5.56 Å². The number of nitrogens with zero attached hydrogens (tertiary/aromatic N) is 1. The molecule has 0 aliphatic carbocycles. The van der Waals surface area contributed by atoms with Crippen molar-refractivity contribution in [3.05, 3.63) is 69.2 Å². The van der Waals surface area contributed by atoms with E-state index >= 15 is 0 Å². The predicted molar refractivity (Wildman–Crippen MR) is 97.7 cm³/mol. The fraction of sp³-hybridized carbons (Fsp3) is 0.222. The number of carbonyl (C=O) groups excluding carboxylic acids is 2. The molecule has 1 atom stereocenters. The second-order valence-corrected chi connectivity index (χ2v) is 5.90. The fourth-order valence-corrected chi connectivity index (χ4v) is 2.51. The molecule has 2 rings (SSSR count). The largest absolute Gasteiger partial charge is 0.482 e. The number of nitro groups is 1. The summed E-state index contributed by atoms with van der Waals surface area (Å²) >= 11 is 5.91. The number of nitrogens with one attached hydrogen (secondary N) is 1. The molecular weight excluding hydrogens is 376 g/mol. The molecule has 0 heterocycles. The van der Waals surface area contributed by atoms with Gasteiger partial charge in [-0.15, -0.1) is 0 Å². The summed E-state index contributed by atoms with van der Waals surface area (Å²) in [6.45, 7) is -0.417. The first kappa shape index (κ1) is 20.2. The maximum atomic E-state index is 12.1. The number of halogens is 1. The molecule has 1 N–H and O–H groups in total. The highest BCUT2D eigenvalue weighted by Gasteiger charge is 2.22. The minimum Gasteiger partial charge on any atom is -0.482 e. The molecule has 0 saturated carbocycles. The van der Waals surface area contributed by atoms with Gasteiger partial charge in [-0.25, -0.2) is 4.79 Å². The quantitative estimate of drug-likeness (QED) is 0.420. The van der Waals surface area contributed by atoms with Crippen molar-refractivity contribution < 1.29 is 24.0 Å². The van der Waals surface area contributed by atoms with Crippen LogP contribution in [0.5, 0.6) is 5.75 Å². The van der Waals surface area contributed by atoms with E-state index in [9.17, 15) is 19.7 Å². The van der Waals surface area contributed by atoms with Gasteiger partial charge in [0.2, 0.25) is 0 Å². The average Bonchev–Trinajstić information content (AvgIpc) is 2.66. The average molecular weight is 393 g/mol. The summed E-state index contributed by atoms with van der Waals surface area (Å²) in [5.74, 6) is -1.02. The van der Waals surface area contributed by atoms with Gasteiger partial charge in [-0.2, -0.15) is 0 Å². The van der Waals surface area contributed by atoms with E-state index in [-0.39, 0.29) is 22.9 Å². The van der Waals surface area contributed by atoms with Crippen LogP contribution in [0.4, 0.5) is 5.69 Å². The molecule has 2 aromatic carbocycles. The lowest BCUT2D eigenvalue weighted by molar-refractivity contribution is -0.384. The molecule has 8 nitrogen and oxygen atoms in total. The number of benzene rings is 2. The van der Waals surface area contributed by atoms with Gasteiger partial charge in [0.15, 0.2) is 6.61 Å². The number of amides is 1. The van der Waals surface area contributed by atoms with E-state index in [0.29, 0.717) is 0 Å². The van der Waals surface area contributed by atoms with E-state index in [1.807, 2.05) is 30.3 Å². The minimum atomic E-state index is -0.874. The molecule has 0 saturated heterocycles. The molecule has 0 fully saturated rings. The molecule has 2 aromatic rings. The third kappa shape index (κ3) is 5.96. The first-order valence-corrected chi connectivity index (χ1v) is 8.26. The second kappa shape index (κ2) is 9.54. The van der Waals surface area contributed by atoms with Crippen LogP contribution in [-0.4, -0.2) is 36.6 Å². The predicted octanol–water partition coefficient (Wildman–Crippen LogP) is 2.53. The second-order valence-electron chi connectivity index (χ2n) is 5.49. The molecule has 142 valence electrons. The minimum absolute atomic E-state index is 0.00537. The van der Waals surface area contributed by atoms with E-state index < -0.39 is 29.4 Å². The van der Waals surface area contributed by atoms with Gasteiger partial charge >= 0.3 is 5.97 Å². The van der Waals surface area contributed by atoms with Gasteiger partial charge in [-0.05, 0) is 11.6 Å². The number of carbonyl (C=O) groups is 2. The first-order chi connectivity index (χ1) is 12.9. The van der Waals surface area contributed by atoms with E-state index in [0.717, 1.165) is 11.6 Å². The Labute approximate surface area is 160 Å². The van der Waals surface area contributed by atoms with E-state index in [2.05, 4.69) is 5.32 Å². The number of non-ortho nitro benzene ring substituents is 1. The Balaban J connectivity index is 1.97. The van der Waals surface area contributed by atoms with Crippen molar-refractivity contribution in [2.24, 2.45) is 0 Å². The van der Waals surface area contributed by atoms with Crippen LogP contribution in [-0.2, 0) is 20.7 Å². The summed E-state index contributed by atoms with van der Waals surface area (Å²) < 4.78 is 10.0. The Bertz CT molecular complexity index is 828. The maximum absolute atomic E-state index is 12.1. The third-order valence-electron chi connectivity index (χ3n) is 3.59. The lowest BCUT2D eigenvalue weighted by Gasteiger charge is -2.17. The molecule has 0 radical (unpaired) electrons. The molecule has 9 heteroatoms. The summed E-state index contributed by atoms with van der Waals surface area (Å²) in [6.07, 6.45) is 0.261. The SMILES string of the molecule is COC(=O)[C@H](Cc1ccccc1)NC(=O)COc1ccc([N+](=O)[O-])cc1Cl. The zero-order valence-electron chi connectivity index (χ0n) is 14.4. The standard InChI is InChI=1S/C18H17ClN2O6/c1-26-18(23)15(9-12-5-3-2-4-6-12)20-17(22)11-27-16-8-7-13(21(24)25)10-14(16)19/h2-8,10,15H,9,11H2,1H3,(H,20,22)/t15-/m0/s1. The highest BCUT2D eigenvalue weighted by atomic mass is 35.5. The summed E-state index contributed by atoms with van der Waals surface area (Å²) in [7, 11) is 1.24. The topological polar surface area (TPSA) is 108 Å². The molecule has 0 aromatic heterocycles. The number of hydrogen-bond donors (Lipinski definition) is 1. The van der Waals surface area contributed by atoms with Crippen LogP contribution in [0, 0.1) is 10.1 Å². The number of rotatable bonds is 8. The lowest BCUT2D eigenvalue weighted by Crippen LogP contribution is -2.44. The molecule has 0 aliphatic heterocycles. The highest BCUT2D eigenvalue weighted by molar-refractivity contribution is 6.32. The van der Waals surface area contributed by atoms with Gasteiger partial charge in [-0.1, -0.05) is 41.9 Å². The van der Waals surface area contributed by atoms with Crippen molar-refractivity contribution in [1.29, 1.82) is 0 Å². The number of nitro benzene ring substituents is 1. The Morgan fingerprint density at radius 1 is 1.22 bits per heavy atom. The number of esters is 1. The third-order valence-corrected chi connectivity index (χ3v) is 3.88. The van der Waals surface area contributed by atoms with Crippen molar-refractivity contribution in [2.45, 2.75) is 12.5 Å². The summed E-state index contributed by atoms with van der Waals surface area (Å²) in [4.78, 5) is 34.1. The van der Waals surface area contributed by atoms with Crippen molar-refractivity contribution in [2.75, 3.05) is 13.7 Å². The first-order valence-electron chi connectivity index (χ1n) is 7.88. The fourth-order valence-electron chi connectivity index (χ4n) is 2.29. The van der Waals surface area contributed by atoms with Gasteiger partial charge in [0.1, 0.15) is 11.8 Å². The Morgan fingerprint density at radius 2 is 1.93 bits per heavy atom. The van der Waals surface area contributed by atoms with Crippen molar-refractivity contribution in [3.8, 4) is 5.75 Å². The lowest BCUT2D eigenvalue weighted by atomic mass is 10.1. The maximum Gasteiger partial charge on any atom is 0.328 e. The smallest absolute Gasteiger partial charge is 0.328 e. The van der Waals surface area contributed by atoms with Crippen LogP contribution in [0.25, 0.3) is 0 Å². The molecule has 27 heavy (non-hydrogen) atoms. The molecule has 0 bridgehead atoms. The Kier molecular flexibility index (Phi) is 7.13. The Morgan fingerprint density at radius 3 is 2.52 bits per heavy atom. The van der Waals surface area contributed by atoms with Gasteiger partial charge in [0.05, 0.1) is 17.1 Å². The van der Waals surface area contributed by atoms with Gasteiger partial charge in [0, 0.05) is 18.6 Å². The normalized spacial score (nSPS) is 11.3. The van der Waals surface area contributed by atoms with Gasteiger partial charge in [-0.3, -0.25) is 14.9 Å². The van der Waals surface area contributed by atoms with Crippen LogP contribution < -0.4 is 10.1 Å². The molecule has 0 aliphatic rings. The van der Waals surface area contributed by atoms with Crippen LogP contribution in [0.3, 0.4) is 0 Å². The summed E-state index contributed by atoms with van der Waals surface area (Å²) in [6, 6.07) is 11.9. The monoisotopic (exact) mass is 392 g/mol. The van der Waals surface area contributed by atoms with Crippen LogP contribution in [0.2, 0.25) is 5.02 Å². The highest BCUT2D eigenvalue weighted by Crippen LogP contribution is 2.28. The van der Waals surface area contributed by atoms with Crippen LogP contribution >= 0.6 is 11.6 Å². The van der Waals surface area contributed by atoms with E-state index in [1.54, 1.807) is 0 Å². The van der Waals surface area contributed by atoms with E-state index in [1.165, 1.54) is 19.2 Å². The molecular formula is C18H17ClN2O6. The molecule has 0 unspecified atom stereocenters. The summed E-state index contributed by atoms with van der Waals surface area (Å²) in [5, 5.41) is 13.2.